The number of aromatic nitrogens is 1. The number of hydrogen-bond donors (Lipinski definition) is 3. The number of allylic oxidation sites excluding steroid dienone is 2. The average molecular weight is 481 g/mol. The van der Waals surface area contributed by atoms with E-state index < -0.39 is 29.0 Å². The zero-order chi connectivity index (χ0) is 24.4. The zero-order valence-electron chi connectivity index (χ0n) is 20.8. The molecule has 5 aliphatic rings. The fraction of sp³-hybridized carbons (Fsp3) is 0.679. The number of ether oxygens (including phenoxy) is 1. The van der Waals surface area contributed by atoms with Crippen LogP contribution in [0.1, 0.15) is 57.4 Å². The Kier molecular flexibility index (Phi) is 4.46. The standard InChI is InChI=1S/C28H36N2O5/c1-25-8-10-27(33)13-18-23(31)24(32)20(30(2)3)14-26(18)9-11-28(27,35-26)22(25)7-5-17(25)16-4-6-21-19(12-16)29-15-34-21/h4-6,12,15,18,20,22-24,31-33H,7-11,13-14H2,1-3H3. The molecule has 7 nitrogen and oxygen atoms in total. The molecule has 1 aromatic heterocycles. The number of oxazole rings is 1. The number of likely N-dealkylation sites (N-methyl/N-ethyl adjacent to an activating group) is 1. The predicted molar refractivity (Wildman–Crippen MR) is 130 cm³/mol. The van der Waals surface area contributed by atoms with Crippen molar-refractivity contribution in [2.24, 2.45) is 17.3 Å². The summed E-state index contributed by atoms with van der Waals surface area (Å²) < 4.78 is 12.7. The van der Waals surface area contributed by atoms with Gasteiger partial charge in [-0.15, -0.1) is 0 Å². The van der Waals surface area contributed by atoms with Gasteiger partial charge in [-0.3, -0.25) is 0 Å². The van der Waals surface area contributed by atoms with Gasteiger partial charge in [0.2, 0.25) is 0 Å². The Morgan fingerprint density at radius 2 is 1.89 bits per heavy atom. The Balaban J connectivity index is 1.28. The summed E-state index contributed by atoms with van der Waals surface area (Å²) in [6, 6.07) is 6.07. The highest BCUT2D eigenvalue weighted by Crippen LogP contribution is 2.71. The second-order valence-corrected chi connectivity index (χ2v) is 12.5. The van der Waals surface area contributed by atoms with Crippen molar-refractivity contribution in [2.75, 3.05) is 14.1 Å². The quantitative estimate of drug-likeness (QED) is 0.607. The van der Waals surface area contributed by atoms with Crippen molar-refractivity contribution in [2.45, 2.75) is 86.9 Å². The second kappa shape index (κ2) is 6.95. The van der Waals surface area contributed by atoms with Gasteiger partial charge in [0.05, 0.1) is 23.4 Å². The third-order valence-electron chi connectivity index (χ3n) is 10.9. The molecule has 2 bridgehead atoms. The minimum absolute atomic E-state index is 0.115. The van der Waals surface area contributed by atoms with Gasteiger partial charge in [0.15, 0.2) is 12.0 Å². The van der Waals surface area contributed by atoms with Gasteiger partial charge in [0.25, 0.3) is 0 Å². The van der Waals surface area contributed by atoms with Crippen LogP contribution in [0.5, 0.6) is 0 Å². The highest BCUT2D eigenvalue weighted by Gasteiger charge is 2.76. The number of benzene rings is 1. The van der Waals surface area contributed by atoms with Crippen LogP contribution in [0, 0.1) is 17.3 Å². The minimum atomic E-state index is -0.993. The Bertz CT molecular complexity index is 1220. The zero-order valence-corrected chi connectivity index (χ0v) is 20.8. The first-order chi connectivity index (χ1) is 16.6. The average Bonchev–Trinajstić information content (AvgIpc) is 3.52. The minimum Gasteiger partial charge on any atom is -0.443 e. The lowest BCUT2D eigenvalue weighted by atomic mass is 9.51. The van der Waals surface area contributed by atoms with Gasteiger partial charge in [-0.1, -0.05) is 19.1 Å². The molecule has 2 spiro atoms. The van der Waals surface area contributed by atoms with E-state index in [2.05, 4.69) is 30.1 Å². The maximum Gasteiger partial charge on any atom is 0.181 e. The van der Waals surface area contributed by atoms with Crippen molar-refractivity contribution < 1.29 is 24.5 Å². The summed E-state index contributed by atoms with van der Waals surface area (Å²) in [6.07, 6.45) is 7.29. The Hall–Kier alpha value is -1.77. The summed E-state index contributed by atoms with van der Waals surface area (Å²) in [7, 11) is 3.91. The van der Waals surface area contributed by atoms with Crippen molar-refractivity contribution in [1.29, 1.82) is 0 Å². The molecule has 7 rings (SSSR count). The van der Waals surface area contributed by atoms with Crippen LogP contribution >= 0.6 is 0 Å². The summed E-state index contributed by atoms with van der Waals surface area (Å²) >= 11 is 0. The van der Waals surface area contributed by atoms with Gasteiger partial charge in [-0.2, -0.15) is 0 Å². The lowest BCUT2D eigenvalue weighted by molar-refractivity contribution is -0.331. The first-order valence-electron chi connectivity index (χ1n) is 13.1. The molecular formula is C28H36N2O5. The van der Waals surface area contributed by atoms with Crippen LogP contribution in [-0.4, -0.2) is 74.4 Å². The predicted octanol–water partition coefficient (Wildman–Crippen LogP) is 3.13. The largest absolute Gasteiger partial charge is 0.443 e. The maximum absolute atomic E-state index is 12.2. The topological polar surface area (TPSA) is 99.2 Å². The molecule has 2 aromatic rings. The summed E-state index contributed by atoms with van der Waals surface area (Å²) in [5, 5.41) is 34.4. The van der Waals surface area contributed by atoms with Crippen LogP contribution in [0.15, 0.2) is 35.1 Å². The normalized spacial score (nSPS) is 48.5. The number of fused-ring (bicyclic) bond motifs is 2. The molecule has 3 aliphatic carbocycles. The highest BCUT2D eigenvalue weighted by molar-refractivity contribution is 5.82. The molecule has 0 amide bonds. The molecule has 0 radical (unpaired) electrons. The Morgan fingerprint density at radius 1 is 1.06 bits per heavy atom. The van der Waals surface area contributed by atoms with Crippen molar-refractivity contribution in [1.82, 2.24) is 9.88 Å². The number of aliphatic hydroxyl groups excluding tert-OH is 2. The molecule has 7 heteroatoms. The molecule has 3 N–H and O–H groups in total. The molecule has 3 heterocycles. The van der Waals surface area contributed by atoms with Crippen LogP contribution in [0.4, 0.5) is 0 Å². The van der Waals surface area contributed by atoms with Gasteiger partial charge >= 0.3 is 0 Å². The third-order valence-corrected chi connectivity index (χ3v) is 10.9. The van der Waals surface area contributed by atoms with Gasteiger partial charge in [0, 0.05) is 17.9 Å². The molecule has 2 aliphatic heterocycles. The number of nitrogens with zero attached hydrogens (tertiary/aromatic N) is 2. The van der Waals surface area contributed by atoms with E-state index in [1.165, 1.54) is 17.5 Å². The SMILES string of the molecule is CN(C)C1CC23CCC4(O2)C2CC=C(c5ccc6ocnc6c5)C2(C)CCC4(O)CC3C(O)C1O. The summed E-state index contributed by atoms with van der Waals surface area (Å²) in [4.78, 5) is 6.37. The summed E-state index contributed by atoms with van der Waals surface area (Å²) in [5.74, 6) is -0.0824. The van der Waals surface area contributed by atoms with E-state index in [0.717, 1.165) is 36.8 Å². The Labute approximate surface area is 205 Å². The number of hydrogen-bond acceptors (Lipinski definition) is 7. The highest BCUT2D eigenvalue weighted by atomic mass is 16.6. The van der Waals surface area contributed by atoms with Crippen molar-refractivity contribution in [3.05, 3.63) is 36.2 Å². The van der Waals surface area contributed by atoms with Crippen LogP contribution in [0.2, 0.25) is 0 Å². The number of aliphatic hydroxyl groups is 3. The molecule has 2 saturated heterocycles. The van der Waals surface area contributed by atoms with E-state index in [1.54, 1.807) is 0 Å². The molecule has 9 atom stereocenters. The van der Waals surface area contributed by atoms with Crippen molar-refractivity contribution in [3.63, 3.8) is 0 Å². The van der Waals surface area contributed by atoms with Crippen LogP contribution < -0.4 is 0 Å². The number of rotatable bonds is 2. The van der Waals surface area contributed by atoms with E-state index in [-0.39, 0.29) is 23.3 Å². The molecule has 4 fully saturated rings. The lowest BCUT2D eigenvalue weighted by Crippen LogP contribution is -2.73. The van der Waals surface area contributed by atoms with Gasteiger partial charge in [-0.05, 0) is 87.7 Å². The fourth-order valence-corrected chi connectivity index (χ4v) is 9.08. The Morgan fingerprint density at radius 3 is 2.69 bits per heavy atom. The van der Waals surface area contributed by atoms with E-state index in [0.29, 0.717) is 19.3 Å². The van der Waals surface area contributed by atoms with E-state index in [1.807, 2.05) is 25.1 Å². The summed E-state index contributed by atoms with van der Waals surface area (Å²) in [5.41, 5.74) is 1.90. The third kappa shape index (κ3) is 2.66. The van der Waals surface area contributed by atoms with Crippen LogP contribution in [0.3, 0.4) is 0 Å². The van der Waals surface area contributed by atoms with E-state index >= 15 is 0 Å². The van der Waals surface area contributed by atoms with Gasteiger partial charge in [-0.25, -0.2) is 4.98 Å². The van der Waals surface area contributed by atoms with E-state index in [9.17, 15) is 15.3 Å². The fourth-order valence-electron chi connectivity index (χ4n) is 9.08. The summed E-state index contributed by atoms with van der Waals surface area (Å²) in [6.45, 7) is 2.35. The van der Waals surface area contributed by atoms with E-state index in [4.69, 9.17) is 9.15 Å². The van der Waals surface area contributed by atoms with Crippen molar-refractivity contribution >= 4 is 16.7 Å². The smallest absolute Gasteiger partial charge is 0.181 e. The van der Waals surface area contributed by atoms with Gasteiger partial charge in [0.1, 0.15) is 11.1 Å². The second-order valence-electron chi connectivity index (χ2n) is 12.5. The first-order valence-corrected chi connectivity index (χ1v) is 13.1. The maximum atomic E-state index is 12.2. The van der Waals surface area contributed by atoms with Crippen LogP contribution in [0.25, 0.3) is 16.7 Å². The molecule has 2 saturated carbocycles. The molecule has 1 aromatic carbocycles. The van der Waals surface area contributed by atoms with Crippen molar-refractivity contribution in [3.8, 4) is 0 Å². The molecule has 35 heavy (non-hydrogen) atoms. The molecular weight excluding hydrogens is 444 g/mol. The first kappa shape index (κ1) is 22.4. The molecule has 188 valence electrons. The molecule has 9 unspecified atom stereocenters. The lowest BCUT2D eigenvalue weighted by Gasteiger charge is -2.65. The van der Waals surface area contributed by atoms with Gasteiger partial charge < -0.3 is 29.4 Å². The van der Waals surface area contributed by atoms with Crippen LogP contribution in [-0.2, 0) is 4.74 Å². The monoisotopic (exact) mass is 480 g/mol.